The number of hydrogen-bond acceptors (Lipinski definition) is 3. The highest BCUT2D eigenvalue weighted by Crippen LogP contribution is 2.14. The number of nitrogens with one attached hydrogen (secondary N) is 1. The van der Waals surface area contributed by atoms with Crippen molar-refractivity contribution < 1.29 is 0 Å². The molecule has 0 fully saturated rings. The first-order valence-corrected chi connectivity index (χ1v) is 9.12. The first-order valence-electron chi connectivity index (χ1n) is 8.71. The summed E-state index contributed by atoms with van der Waals surface area (Å²) >= 11 is 5.69. The van der Waals surface area contributed by atoms with Crippen molar-refractivity contribution in [1.82, 2.24) is 14.7 Å². The van der Waals surface area contributed by atoms with E-state index in [9.17, 15) is 0 Å². The van der Waals surface area contributed by atoms with Crippen molar-refractivity contribution in [2.75, 3.05) is 59.7 Å². The second kappa shape index (κ2) is 10.6. The van der Waals surface area contributed by atoms with E-state index < -0.39 is 0 Å². The van der Waals surface area contributed by atoms with Gasteiger partial charge in [0.1, 0.15) is 0 Å². The van der Waals surface area contributed by atoms with E-state index in [2.05, 4.69) is 80.3 Å². The molecule has 1 aromatic rings. The number of rotatable bonds is 9. The Balaban J connectivity index is 2.66. The lowest BCUT2D eigenvalue weighted by molar-refractivity contribution is 0.325. The van der Waals surface area contributed by atoms with Crippen molar-refractivity contribution in [2.24, 2.45) is 0 Å². The van der Waals surface area contributed by atoms with Crippen LogP contribution >= 0.6 is 12.2 Å². The number of thiocarbonyl (C=S) groups is 1. The van der Waals surface area contributed by atoms with Crippen molar-refractivity contribution in [3.63, 3.8) is 0 Å². The second-order valence-corrected chi connectivity index (χ2v) is 7.49. The van der Waals surface area contributed by atoms with Gasteiger partial charge in [0.05, 0.1) is 0 Å². The number of benzene rings is 1. The number of aryl methyl sites for hydroxylation is 2. The zero-order valence-corrected chi connectivity index (χ0v) is 17.0. The van der Waals surface area contributed by atoms with Gasteiger partial charge in [-0.2, -0.15) is 0 Å². The average Bonchev–Trinajstić information content (AvgIpc) is 2.43. The second-order valence-electron chi connectivity index (χ2n) is 7.11. The smallest absolute Gasteiger partial charge is 0.173 e. The van der Waals surface area contributed by atoms with Crippen LogP contribution in [0.15, 0.2) is 18.2 Å². The van der Waals surface area contributed by atoms with Crippen LogP contribution in [0.5, 0.6) is 0 Å². The monoisotopic (exact) mass is 350 g/mol. The maximum atomic E-state index is 5.69. The Hall–Kier alpha value is -1.17. The van der Waals surface area contributed by atoms with Crippen LogP contribution < -0.4 is 5.32 Å². The molecule has 0 bridgehead atoms. The van der Waals surface area contributed by atoms with E-state index in [1.54, 1.807) is 0 Å². The molecule has 0 atom stereocenters. The summed E-state index contributed by atoms with van der Waals surface area (Å²) < 4.78 is 0. The topological polar surface area (TPSA) is 21.8 Å². The Labute approximate surface area is 153 Å². The van der Waals surface area contributed by atoms with E-state index in [0.29, 0.717) is 0 Å². The average molecular weight is 351 g/mol. The van der Waals surface area contributed by atoms with Gasteiger partial charge in [-0.05, 0) is 103 Å². The Morgan fingerprint density at radius 3 is 1.71 bits per heavy atom. The molecule has 0 heterocycles. The Morgan fingerprint density at radius 1 is 0.833 bits per heavy atom. The van der Waals surface area contributed by atoms with E-state index in [4.69, 9.17) is 12.2 Å². The van der Waals surface area contributed by atoms with Crippen LogP contribution in [0.25, 0.3) is 0 Å². The van der Waals surface area contributed by atoms with E-state index >= 15 is 0 Å². The molecular weight excluding hydrogens is 316 g/mol. The van der Waals surface area contributed by atoms with Gasteiger partial charge in [-0.3, -0.25) is 0 Å². The van der Waals surface area contributed by atoms with Crippen LogP contribution in [0.4, 0.5) is 5.69 Å². The summed E-state index contributed by atoms with van der Waals surface area (Å²) in [6, 6.07) is 6.48. The Morgan fingerprint density at radius 2 is 1.29 bits per heavy atom. The van der Waals surface area contributed by atoms with Crippen molar-refractivity contribution in [3.05, 3.63) is 29.3 Å². The van der Waals surface area contributed by atoms with E-state index in [1.165, 1.54) is 11.1 Å². The van der Waals surface area contributed by atoms with E-state index in [0.717, 1.165) is 49.8 Å². The van der Waals surface area contributed by atoms with Gasteiger partial charge in [-0.25, -0.2) is 0 Å². The van der Waals surface area contributed by atoms with Gasteiger partial charge >= 0.3 is 0 Å². The fourth-order valence-corrected chi connectivity index (χ4v) is 3.02. The molecule has 0 spiro atoms. The van der Waals surface area contributed by atoms with Gasteiger partial charge in [0.25, 0.3) is 0 Å². The van der Waals surface area contributed by atoms with Crippen molar-refractivity contribution in [2.45, 2.75) is 26.7 Å². The van der Waals surface area contributed by atoms with Gasteiger partial charge in [0.15, 0.2) is 5.11 Å². The highest BCUT2D eigenvalue weighted by Gasteiger charge is 2.10. The molecule has 0 saturated carbocycles. The SMILES string of the molecule is Cc1cc(C)cc(NC(=S)N(CCCN(C)C)CCCN(C)C)c1. The molecule has 0 saturated heterocycles. The summed E-state index contributed by atoms with van der Waals surface area (Å²) in [7, 11) is 8.45. The van der Waals surface area contributed by atoms with Crippen molar-refractivity contribution in [1.29, 1.82) is 0 Å². The summed E-state index contributed by atoms with van der Waals surface area (Å²) in [4.78, 5) is 6.75. The molecule has 0 unspecified atom stereocenters. The minimum atomic E-state index is 0.831. The standard InChI is InChI=1S/C19H34N4S/c1-16-13-17(2)15-18(14-16)20-19(24)23(11-7-9-21(3)4)12-8-10-22(5)6/h13-15H,7-12H2,1-6H3,(H,20,24). The van der Waals surface area contributed by atoms with Gasteiger partial charge in [-0.1, -0.05) is 6.07 Å². The number of nitrogens with zero attached hydrogens (tertiary/aromatic N) is 3. The lowest BCUT2D eigenvalue weighted by Crippen LogP contribution is -2.38. The Bertz CT molecular complexity index is 480. The lowest BCUT2D eigenvalue weighted by atomic mass is 10.1. The van der Waals surface area contributed by atoms with Crippen LogP contribution in [0.1, 0.15) is 24.0 Å². The van der Waals surface area contributed by atoms with Crippen LogP contribution in [0.3, 0.4) is 0 Å². The predicted molar refractivity (Wildman–Crippen MR) is 110 cm³/mol. The number of hydrogen-bond donors (Lipinski definition) is 1. The minimum absolute atomic E-state index is 0.831. The molecule has 1 rings (SSSR count). The molecule has 24 heavy (non-hydrogen) atoms. The summed E-state index contributed by atoms with van der Waals surface area (Å²) in [6.45, 7) is 8.37. The minimum Gasteiger partial charge on any atom is -0.349 e. The fourth-order valence-electron chi connectivity index (χ4n) is 2.72. The first-order chi connectivity index (χ1) is 11.3. The van der Waals surface area contributed by atoms with Gasteiger partial charge in [0, 0.05) is 18.8 Å². The van der Waals surface area contributed by atoms with Crippen molar-refractivity contribution >= 4 is 23.0 Å². The lowest BCUT2D eigenvalue weighted by Gasteiger charge is -2.27. The van der Waals surface area contributed by atoms with E-state index in [-0.39, 0.29) is 0 Å². The molecule has 0 aliphatic rings. The third kappa shape index (κ3) is 8.62. The molecule has 0 aliphatic heterocycles. The zero-order valence-electron chi connectivity index (χ0n) is 16.2. The van der Waals surface area contributed by atoms with Gasteiger partial charge < -0.3 is 20.0 Å². The molecule has 136 valence electrons. The van der Waals surface area contributed by atoms with Crippen molar-refractivity contribution in [3.8, 4) is 0 Å². The maximum Gasteiger partial charge on any atom is 0.173 e. The molecule has 1 aromatic carbocycles. The quantitative estimate of drug-likeness (QED) is 0.689. The maximum absolute atomic E-state index is 5.69. The predicted octanol–water partition coefficient (Wildman–Crippen LogP) is 3.21. The summed E-state index contributed by atoms with van der Waals surface area (Å²) in [5, 5.41) is 4.26. The van der Waals surface area contributed by atoms with Crippen LogP contribution in [0, 0.1) is 13.8 Å². The third-order valence-electron chi connectivity index (χ3n) is 3.83. The highest BCUT2D eigenvalue weighted by molar-refractivity contribution is 7.80. The van der Waals surface area contributed by atoms with Crippen LogP contribution in [-0.4, -0.2) is 74.2 Å². The highest BCUT2D eigenvalue weighted by atomic mass is 32.1. The Kier molecular flexibility index (Phi) is 9.26. The molecule has 0 radical (unpaired) electrons. The molecule has 1 N–H and O–H groups in total. The van der Waals surface area contributed by atoms with Crippen LogP contribution in [0.2, 0.25) is 0 Å². The molecule has 4 nitrogen and oxygen atoms in total. The number of anilines is 1. The van der Waals surface area contributed by atoms with E-state index in [1.807, 2.05) is 0 Å². The largest absolute Gasteiger partial charge is 0.349 e. The summed E-state index contributed by atoms with van der Waals surface area (Å²) in [5.41, 5.74) is 3.60. The molecule has 0 amide bonds. The normalized spacial score (nSPS) is 11.2. The third-order valence-corrected chi connectivity index (χ3v) is 4.19. The summed E-state index contributed by atoms with van der Waals surface area (Å²) in [6.07, 6.45) is 2.23. The van der Waals surface area contributed by atoms with Gasteiger partial charge in [-0.15, -0.1) is 0 Å². The fraction of sp³-hybridized carbons (Fsp3) is 0.632. The zero-order chi connectivity index (χ0) is 18.1. The molecule has 5 heteroatoms. The van der Waals surface area contributed by atoms with Gasteiger partial charge in [0.2, 0.25) is 0 Å². The molecule has 0 aliphatic carbocycles. The molecule has 0 aromatic heterocycles. The first kappa shape index (κ1) is 20.9. The van der Waals surface area contributed by atoms with Crippen LogP contribution in [-0.2, 0) is 0 Å². The summed E-state index contributed by atoms with van der Waals surface area (Å²) in [5.74, 6) is 0. The molecular formula is C19H34N4S.